The van der Waals surface area contributed by atoms with Gasteiger partial charge in [0.1, 0.15) is 0 Å². The maximum Gasteiger partial charge on any atom is 0.257 e. The number of nitrogens with zero attached hydrogens (tertiary/aromatic N) is 2. The van der Waals surface area contributed by atoms with E-state index in [9.17, 15) is 4.79 Å². The number of nitrogens with one attached hydrogen (secondary N) is 1. The van der Waals surface area contributed by atoms with Crippen LogP contribution < -0.4 is 5.32 Å². The molecule has 0 radical (unpaired) electrons. The van der Waals surface area contributed by atoms with Crippen molar-refractivity contribution in [2.75, 3.05) is 29.9 Å². The van der Waals surface area contributed by atoms with E-state index >= 15 is 0 Å². The van der Waals surface area contributed by atoms with Crippen LogP contribution in [-0.4, -0.2) is 40.4 Å². The smallest absolute Gasteiger partial charge is 0.257 e. The van der Waals surface area contributed by atoms with Gasteiger partial charge in [-0.15, -0.1) is 34.9 Å². The number of thioether (sulfide) groups is 2. The first-order valence-electron chi connectivity index (χ1n) is 9.48. The number of hydrogen-bond donors (Lipinski definition) is 1. The van der Waals surface area contributed by atoms with E-state index in [1.165, 1.54) is 41.2 Å². The Labute approximate surface area is 173 Å². The van der Waals surface area contributed by atoms with Crippen molar-refractivity contribution in [3.63, 3.8) is 0 Å². The van der Waals surface area contributed by atoms with E-state index < -0.39 is 0 Å². The number of anilines is 1. The molecule has 1 amide bonds. The van der Waals surface area contributed by atoms with E-state index in [1.807, 2.05) is 35.7 Å². The number of hydrogen-bond acceptors (Lipinski definition) is 6. The number of likely N-dealkylation sites (tertiary alicyclic amines) is 1. The second-order valence-corrected chi connectivity index (χ2v) is 10.8. The van der Waals surface area contributed by atoms with Crippen LogP contribution in [-0.2, 0) is 6.54 Å². The van der Waals surface area contributed by atoms with Gasteiger partial charge in [0.25, 0.3) is 5.91 Å². The Bertz CT molecular complexity index is 763. The van der Waals surface area contributed by atoms with E-state index in [0.29, 0.717) is 15.3 Å². The van der Waals surface area contributed by atoms with Gasteiger partial charge in [-0.2, -0.15) is 0 Å². The van der Waals surface area contributed by atoms with Crippen LogP contribution in [0.2, 0.25) is 0 Å². The van der Waals surface area contributed by atoms with Gasteiger partial charge in [-0.1, -0.05) is 19.1 Å². The Balaban J connectivity index is 1.32. The predicted molar refractivity (Wildman–Crippen MR) is 118 cm³/mol. The van der Waals surface area contributed by atoms with Gasteiger partial charge in [0.05, 0.1) is 10.3 Å². The Hall–Kier alpha value is -1.02. The minimum absolute atomic E-state index is 0.0824. The van der Waals surface area contributed by atoms with Crippen LogP contribution in [0.1, 0.15) is 46.0 Å². The summed E-state index contributed by atoms with van der Waals surface area (Å²) in [6.07, 6.45) is 2.53. The molecule has 0 spiro atoms. The van der Waals surface area contributed by atoms with Crippen molar-refractivity contribution in [1.29, 1.82) is 0 Å². The Kier molecular flexibility index (Phi) is 6.42. The zero-order chi connectivity index (χ0) is 18.6. The monoisotopic (exact) mass is 419 g/mol. The molecule has 3 heterocycles. The molecule has 0 aliphatic carbocycles. The molecule has 4 rings (SSSR count). The van der Waals surface area contributed by atoms with E-state index in [4.69, 9.17) is 0 Å². The molecular weight excluding hydrogens is 394 g/mol. The third-order valence-electron chi connectivity index (χ3n) is 5.10. The minimum Gasteiger partial charge on any atom is -0.298 e. The minimum atomic E-state index is -0.0824. The van der Waals surface area contributed by atoms with Gasteiger partial charge in [0.2, 0.25) is 0 Å². The normalized spacial score (nSPS) is 19.4. The van der Waals surface area contributed by atoms with Crippen molar-refractivity contribution in [3.05, 3.63) is 46.5 Å². The molecule has 2 aromatic rings. The third-order valence-corrected chi connectivity index (χ3v) is 9.01. The molecule has 0 atom stereocenters. The van der Waals surface area contributed by atoms with Crippen LogP contribution in [0, 0.1) is 5.92 Å². The molecule has 2 aliphatic heterocycles. The van der Waals surface area contributed by atoms with Crippen molar-refractivity contribution < 1.29 is 4.79 Å². The maximum absolute atomic E-state index is 12.5. The Morgan fingerprint density at radius 2 is 1.89 bits per heavy atom. The number of piperidine rings is 1. The predicted octanol–water partition coefficient (Wildman–Crippen LogP) is 5.11. The third kappa shape index (κ3) is 5.08. The number of thiazole rings is 1. The summed E-state index contributed by atoms with van der Waals surface area (Å²) in [6.45, 7) is 5.49. The van der Waals surface area contributed by atoms with Crippen molar-refractivity contribution in [3.8, 4) is 0 Å². The van der Waals surface area contributed by atoms with Crippen LogP contribution in [0.15, 0.2) is 29.6 Å². The van der Waals surface area contributed by atoms with Gasteiger partial charge >= 0.3 is 0 Å². The highest BCUT2D eigenvalue weighted by Gasteiger charge is 2.19. The molecule has 0 unspecified atom stereocenters. The summed E-state index contributed by atoms with van der Waals surface area (Å²) in [6, 6.07) is 8.01. The van der Waals surface area contributed by atoms with Gasteiger partial charge in [-0.3, -0.25) is 15.0 Å². The lowest BCUT2D eigenvalue weighted by Crippen LogP contribution is -2.32. The lowest BCUT2D eigenvalue weighted by molar-refractivity contribution is 0.102. The summed E-state index contributed by atoms with van der Waals surface area (Å²) in [5.41, 5.74) is 3.04. The van der Waals surface area contributed by atoms with Gasteiger partial charge in [0.15, 0.2) is 5.13 Å². The highest BCUT2D eigenvalue weighted by atomic mass is 32.2. The summed E-state index contributed by atoms with van der Waals surface area (Å²) < 4.78 is 0.515. The van der Waals surface area contributed by atoms with E-state index in [1.54, 1.807) is 0 Å². The Morgan fingerprint density at radius 3 is 2.59 bits per heavy atom. The van der Waals surface area contributed by atoms with Crippen LogP contribution in [0.3, 0.4) is 0 Å². The quantitative estimate of drug-likeness (QED) is 0.730. The molecule has 7 heteroatoms. The van der Waals surface area contributed by atoms with Gasteiger partial charge in [0, 0.05) is 29.0 Å². The summed E-state index contributed by atoms with van der Waals surface area (Å²) in [4.78, 5) is 19.6. The molecule has 27 heavy (non-hydrogen) atoms. The molecular formula is C20H25N3OS3. The maximum atomic E-state index is 12.5. The fourth-order valence-electron chi connectivity index (χ4n) is 3.40. The summed E-state index contributed by atoms with van der Waals surface area (Å²) in [5.74, 6) is 3.17. The molecule has 1 N–H and O–H groups in total. The van der Waals surface area contributed by atoms with Crippen molar-refractivity contribution in [2.45, 2.75) is 30.9 Å². The second kappa shape index (κ2) is 8.99. The molecule has 0 bridgehead atoms. The highest BCUT2D eigenvalue weighted by molar-refractivity contribution is 8.19. The number of carbonyl (C=O) groups excluding carboxylic acids is 1. The molecule has 144 valence electrons. The zero-order valence-electron chi connectivity index (χ0n) is 15.5. The van der Waals surface area contributed by atoms with Gasteiger partial charge in [-0.25, -0.2) is 4.98 Å². The first kappa shape index (κ1) is 19.3. The fraction of sp³-hybridized carbons (Fsp3) is 0.500. The van der Waals surface area contributed by atoms with Gasteiger partial charge < -0.3 is 0 Å². The van der Waals surface area contributed by atoms with Crippen molar-refractivity contribution in [1.82, 2.24) is 9.88 Å². The number of amides is 1. The lowest BCUT2D eigenvalue weighted by Gasteiger charge is -2.29. The summed E-state index contributed by atoms with van der Waals surface area (Å²) in [7, 11) is 0. The van der Waals surface area contributed by atoms with E-state index in [0.717, 1.165) is 31.2 Å². The van der Waals surface area contributed by atoms with Gasteiger partial charge in [-0.05, 0) is 49.5 Å². The molecule has 2 saturated heterocycles. The first-order chi connectivity index (χ1) is 13.2. The topological polar surface area (TPSA) is 45.2 Å². The Morgan fingerprint density at radius 1 is 1.19 bits per heavy atom. The fourth-order valence-corrected chi connectivity index (χ4v) is 6.95. The zero-order valence-corrected chi connectivity index (χ0v) is 18.0. The SMILES string of the molecule is CC1CCN(Cc2csc(NC(=O)c3ccc(C4SCCS4)cc3)n2)CC1. The molecule has 4 nitrogen and oxygen atoms in total. The highest BCUT2D eigenvalue weighted by Crippen LogP contribution is 2.45. The van der Waals surface area contributed by atoms with E-state index in [2.05, 4.69) is 39.6 Å². The number of rotatable bonds is 5. The second-order valence-electron chi connectivity index (χ2n) is 7.25. The molecule has 2 aliphatic rings. The van der Waals surface area contributed by atoms with Crippen LogP contribution >= 0.6 is 34.9 Å². The number of benzene rings is 1. The van der Waals surface area contributed by atoms with Crippen LogP contribution in [0.25, 0.3) is 0 Å². The molecule has 0 saturated carbocycles. The standard InChI is InChI=1S/C20H25N3OS3/c1-14-6-8-23(9-7-14)12-17-13-27-20(21-17)22-18(24)15-2-4-16(5-3-15)19-25-10-11-26-19/h2-5,13-14,19H,6-12H2,1H3,(H,21,22,24). The molecule has 1 aromatic carbocycles. The largest absolute Gasteiger partial charge is 0.298 e. The van der Waals surface area contributed by atoms with E-state index in [-0.39, 0.29) is 5.91 Å². The average molecular weight is 420 g/mol. The van der Waals surface area contributed by atoms with Crippen LogP contribution in [0.4, 0.5) is 5.13 Å². The summed E-state index contributed by atoms with van der Waals surface area (Å²) >= 11 is 5.47. The molecule has 1 aromatic heterocycles. The van der Waals surface area contributed by atoms with Crippen LogP contribution in [0.5, 0.6) is 0 Å². The lowest BCUT2D eigenvalue weighted by atomic mass is 9.99. The first-order valence-corrected chi connectivity index (χ1v) is 12.5. The summed E-state index contributed by atoms with van der Waals surface area (Å²) in [5, 5.41) is 5.70. The van der Waals surface area contributed by atoms with Crippen molar-refractivity contribution >= 4 is 45.9 Å². The molecule has 2 fully saturated rings. The van der Waals surface area contributed by atoms with Crippen molar-refractivity contribution in [2.24, 2.45) is 5.92 Å². The number of carbonyl (C=O) groups is 1. The average Bonchev–Trinajstić information content (AvgIpc) is 3.36. The number of aromatic nitrogens is 1.